The number of rotatable bonds is 7. The van der Waals surface area contributed by atoms with Crippen LogP contribution in [0.5, 0.6) is 0 Å². The van der Waals surface area contributed by atoms with Crippen LogP contribution in [0.25, 0.3) is 0 Å². The lowest BCUT2D eigenvalue weighted by Crippen LogP contribution is -2.37. The van der Waals surface area contributed by atoms with E-state index in [1.807, 2.05) is 0 Å². The van der Waals surface area contributed by atoms with Gasteiger partial charge in [-0.15, -0.1) is 0 Å². The van der Waals surface area contributed by atoms with Gasteiger partial charge in [0.25, 0.3) is 0 Å². The molecule has 0 aliphatic carbocycles. The van der Waals surface area contributed by atoms with Gasteiger partial charge in [0.15, 0.2) is 0 Å². The zero-order valence-electron chi connectivity index (χ0n) is 12.4. The Morgan fingerprint density at radius 1 is 1.41 bits per heavy atom. The highest BCUT2D eigenvalue weighted by molar-refractivity contribution is 4.77. The van der Waals surface area contributed by atoms with E-state index in [0.29, 0.717) is 0 Å². The maximum absolute atomic E-state index is 3.32. The van der Waals surface area contributed by atoms with Crippen molar-refractivity contribution in [3.8, 4) is 0 Å². The fraction of sp³-hybridized carbons (Fsp3) is 1.00. The molecule has 1 fully saturated rings. The van der Waals surface area contributed by atoms with E-state index in [9.17, 15) is 0 Å². The predicted molar refractivity (Wildman–Crippen MR) is 75.4 cm³/mol. The fourth-order valence-electron chi connectivity index (χ4n) is 2.86. The van der Waals surface area contributed by atoms with Crippen molar-refractivity contribution >= 4 is 0 Å². The zero-order valence-corrected chi connectivity index (χ0v) is 12.4. The van der Waals surface area contributed by atoms with Gasteiger partial charge in [-0.1, -0.05) is 13.8 Å². The summed E-state index contributed by atoms with van der Waals surface area (Å²) in [4.78, 5) is 4.98. The van der Waals surface area contributed by atoms with Crippen LogP contribution in [-0.4, -0.2) is 63.7 Å². The normalized spacial score (nSPS) is 23.8. The molecule has 1 aliphatic heterocycles. The minimum Gasteiger partial charge on any atom is -0.319 e. The molecule has 0 saturated carbocycles. The molecule has 0 spiro atoms. The fourth-order valence-corrected chi connectivity index (χ4v) is 2.86. The molecule has 0 amide bonds. The Bertz CT molecular complexity index is 206. The number of hydrogen-bond acceptors (Lipinski definition) is 3. The summed E-state index contributed by atoms with van der Waals surface area (Å²) in [5, 5.41) is 3.32. The van der Waals surface area contributed by atoms with Gasteiger partial charge in [0.05, 0.1) is 0 Å². The van der Waals surface area contributed by atoms with Gasteiger partial charge in [0.2, 0.25) is 0 Å². The van der Waals surface area contributed by atoms with Crippen molar-refractivity contribution < 1.29 is 0 Å². The number of likely N-dealkylation sites (tertiary alicyclic amines) is 1. The monoisotopic (exact) mass is 241 g/mol. The molecule has 1 aliphatic rings. The lowest BCUT2D eigenvalue weighted by molar-refractivity contribution is 0.207. The second-order valence-corrected chi connectivity index (χ2v) is 6.20. The van der Waals surface area contributed by atoms with Crippen LogP contribution < -0.4 is 5.32 Å². The molecule has 1 saturated heterocycles. The Kier molecular flexibility index (Phi) is 6.45. The summed E-state index contributed by atoms with van der Waals surface area (Å²) < 4.78 is 0. The Labute approximate surface area is 108 Å². The van der Waals surface area contributed by atoms with E-state index < -0.39 is 0 Å². The zero-order chi connectivity index (χ0) is 12.8. The third-order valence-electron chi connectivity index (χ3n) is 4.01. The number of nitrogens with one attached hydrogen (secondary N) is 1. The van der Waals surface area contributed by atoms with Crippen molar-refractivity contribution in [1.82, 2.24) is 15.1 Å². The van der Waals surface area contributed by atoms with E-state index >= 15 is 0 Å². The van der Waals surface area contributed by atoms with Crippen LogP contribution in [0.2, 0.25) is 0 Å². The van der Waals surface area contributed by atoms with Crippen molar-refractivity contribution in [2.75, 3.05) is 53.9 Å². The summed E-state index contributed by atoms with van der Waals surface area (Å²) in [5.74, 6) is 2.41. The molecule has 1 N–H and O–H groups in total. The van der Waals surface area contributed by atoms with Crippen LogP contribution >= 0.6 is 0 Å². The van der Waals surface area contributed by atoms with E-state index in [0.717, 1.165) is 24.3 Å². The molecule has 2 atom stereocenters. The molecule has 0 bridgehead atoms. The van der Waals surface area contributed by atoms with E-state index in [1.54, 1.807) is 0 Å². The highest BCUT2D eigenvalue weighted by Gasteiger charge is 2.22. The Balaban J connectivity index is 2.29. The Morgan fingerprint density at radius 3 is 2.59 bits per heavy atom. The van der Waals surface area contributed by atoms with Gasteiger partial charge in [-0.3, -0.25) is 0 Å². The number of hydrogen-bond donors (Lipinski definition) is 1. The molecule has 1 heterocycles. The van der Waals surface area contributed by atoms with Crippen LogP contribution in [0.4, 0.5) is 0 Å². The summed E-state index contributed by atoms with van der Waals surface area (Å²) >= 11 is 0. The topological polar surface area (TPSA) is 18.5 Å². The lowest BCUT2D eigenvalue weighted by atomic mass is 9.95. The predicted octanol–water partition coefficient (Wildman–Crippen LogP) is 1.36. The summed E-state index contributed by atoms with van der Waals surface area (Å²) in [7, 11) is 6.57. The van der Waals surface area contributed by atoms with Crippen molar-refractivity contribution in [1.29, 1.82) is 0 Å². The van der Waals surface area contributed by atoms with Crippen LogP contribution in [-0.2, 0) is 0 Å². The summed E-state index contributed by atoms with van der Waals surface area (Å²) in [5.41, 5.74) is 0. The van der Waals surface area contributed by atoms with Gasteiger partial charge in [-0.2, -0.15) is 0 Å². The van der Waals surface area contributed by atoms with Gasteiger partial charge in [-0.25, -0.2) is 0 Å². The van der Waals surface area contributed by atoms with Crippen molar-refractivity contribution in [2.45, 2.75) is 20.3 Å². The smallest absolute Gasteiger partial charge is 0.00213 e. The molecule has 102 valence electrons. The molecular weight excluding hydrogens is 210 g/mol. The second-order valence-electron chi connectivity index (χ2n) is 6.20. The average Bonchev–Trinajstić information content (AvgIpc) is 2.63. The molecule has 0 aromatic carbocycles. The summed E-state index contributed by atoms with van der Waals surface area (Å²) in [6.45, 7) is 10.8. The van der Waals surface area contributed by atoms with Crippen LogP contribution in [0, 0.1) is 17.8 Å². The van der Waals surface area contributed by atoms with Gasteiger partial charge in [0, 0.05) is 19.6 Å². The Hall–Kier alpha value is -0.120. The molecule has 17 heavy (non-hydrogen) atoms. The van der Waals surface area contributed by atoms with Crippen LogP contribution in [0.1, 0.15) is 20.3 Å². The molecule has 1 rings (SSSR count). The van der Waals surface area contributed by atoms with Gasteiger partial charge in [0.1, 0.15) is 0 Å². The molecule has 0 radical (unpaired) electrons. The Morgan fingerprint density at radius 2 is 2.12 bits per heavy atom. The third-order valence-corrected chi connectivity index (χ3v) is 4.01. The SMILES string of the molecule is CNCC(CN(C)CC1CCN(C)C1)C(C)C. The maximum atomic E-state index is 3.32. The van der Waals surface area contributed by atoms with Crippen LogP contribution in [0.15, 0.2) is 0 Å². The first-order chi connectivity index (χ1) is 8.02. The third kappa shape index (κ3) is 5.36. The summed E-state index contributed by atoms with van der Waals surface area (Å²) in [6.07, 6.45) is 1.37. The minimum atomic E-state index is 0.760. The van der Waals surface area contributed by atoms with E-state index in [4.69, 9.17) is 0 Å². The average molecular weight is 241 g/mol. The maximum Gasteiger partial charge on any atom is 0.00213 e. The van der Waals surface area contributed by atoms with Crippen molar-refractivity contribution in [3.63, 3.8) is 0 Å². The first-order valence-corrected chi connectivity index (χ1v) is 7.04. The molecule has 0 aromatic rings. The number of nitrogens with zero attached hydrogens (tertiary/aromatic N) is 2. The van der Waals surface area contributed by atoms with Gasteiger partial charge >= 0.3 is 0 Å². The van der Waals surface area contributed by atoms with Crippen molar-refractivity contribution in [2.24, 2.45) is 17.8 Å². The van der Waals surface area contributed by atoms with Gasteiger partial charge < -0.3 is 15.1 Å². The van der Waals surface area contributed by atoms with E-state index in [2.05, 4.69) is 50.1 Å². The van der Waals surface area contributed by atoms with Crippen molar-refractivity contribution in [3.05, 3.63) is 0 Å². The standard InChI is InChI=1S/C14H31N3/c1-12(2)14(8-15-3)11-17(5)10-13-6-7-16(4)9-13/h12-15H,6-11H2,1-5H3. The van der Waals surface area contributed by atoms with E-state index in [1.165, 1.54) is 32.6 Å². The minimum absolute atomic E-state index is 0.760. The quantitative estimate of drug-likeness (QED) is 0.726. The first kappa shape index (κ1) is 14.9. The lowest BCUT2D eigenvalue weighted by Gasteiger charge is -2.28. The molecule has 2 unspecified atom stereocenters. The highest BCUT2D eigenvalue weighted by Crippen LogP contribution is 2.17. The molecule has 3 nitrogen and oxygen atoms in total. The van der Waals surface area contributed by atoms with E-state index in [-0.39, 0.29) is 0 Å². The highest BCUT2D eigenvalue weighted by atomic mass is 15.1. The molecular formula is C14H31N3. The molecule has 3 heteroatoms. The molecule has 0 aromatic heterocycles. The second kappa shape index (κ2) is 7.34. The largest absolute Gasteiger partial charge is 0.319 e. The van der Waals surface area contributed by atoms with Gasteiger partial charge in [-0.05, 0) is 58.4 Å². The summed E-state index contributed by atoms with van der Waals surface area (Å²) in [6, 6.07) is 0. The van der Waals surface area contributed by atoms with Crippen LogP contribution in [0.3, 0.4) is 0 Å². The first-order valence-electron chi connectivity index (χ1n) is 7.04.